The van der Waals surface area contributed by atoms with Crippen molar-refractivity contribution in [2.45, 2.75) is 50.6 Å². The fourth-order valence-electron chi connectivity index (χ4n) is 3.79. The van der Waals surface area contributed by atoms with Crippen LogP contribution in [-0.4, -0.2) is 53.4 Å². The molecule has 0 aliphatic carbocycles. The Labute approximate surface area is 139 Å². The number of carbonyl (C=O) groups is 2. The van der Waals surface area contributed by atoms with Crippen LogP contribution in [0.3, 0.4) is 0 Å². The molecule has 2 bridgehead atoms. The second kappa shape index (κ2) is 6.20. The Balaban J connectivity index is 1.39. The zero-order chi connectivity index (χ0) is 15.8. The van der Waals surface area contributed by atoms with E-state index in [0.29, 0.717) is 24.9 Å². The normalized spacial score (nSPS) is 27.6. The first-order valence-corrected chi connectivity index (χ1v) is 9.35. The lowest BCUT2D eigenvalue weighted by Gasteiger charge is -2.24. The van der Waals surface area contributed by atoms with E-state index in [1.807, 2.05) is 10.3 Å². The SMILES string of the molecule is O=C(Cc1csc(N2CCCC2=O)n1)N1CCC2CCC(C1)N2. The van der Waals surface area contributed by atoms with Crippen molar-refractivity contribution in [3.8, 4) is 0 Å². The van der Waals surface area contributed by atoms with Crippen molar-refractivity contribution in [3.05, 3.63) is 11.1 Å². The van der Waals surface area contributed by atoms with Crippen molar-refractivity contribution < 1.29 is 9.59 Å². The molecule has 0 aromatic carbocycles. The maximum Gasteiger partial charge on any atom is 0.228 e. The fourth-order valence-corrected chi connectivity index (χ4v) is 4.66. The molecule has 2 amide bonds. The molecular weight excluding hydrogens is 312 g/mol. The zero-order valence-electron chi connectivity index (χ0n) is 13.2. The number of rotatable bonds is 3. The van der Waals surface area contributed by atoms with Crippen LogP contribution in [0.5, 0.6) is 0 Å². The highest BCUT2D eigenvalue weighted by atomic mass is 32.1. The van der Waals surface area contributed by atoms with Gasteiger partial charge in [-0.1, -0.05) is 0 Å². The largest absolute Gasteiger partial charge is 0.341 e. The number of nitrogens with zero attached hydrogens (tertiary/aromatic N) is 3. The molecule has 124 valence electrons. The molecule has 1 N–H and O–H groups in total. The topological polar surface area (TPSA) is 65.5 Å². The summed E-state index contributed by atoms with van der Waals surface area (Å²) in [6.07, 6.45) is 5.31. The molecule has 2 atom stereocenters. The lowest BCUT2D eigenvalue weighted by Crippen LogP contribution is -2.39. The monoisotopic (exact) mass is 334 g/mol. The predicted octanol–water partition coefficient (Wildman–Crippen LogP) is 1.17. The zero-order valence-corrected chi connectivity index (χ0v) is 14.0. The molecule has 1 aromatic heterocycles. The highest BCUT2D eigenvalue weighted by Crippen LogP contribution is 2.26. The quantitative estimate of drug-likeness (QED) is 0.901. The molecule has 23 heavy (non-hydrogen) atoms. The van der Waals surface area contributed by atoms with Gasteiger partial charge in [0.1, 0.15) is 0 Å². The predicted molar refractivity (Wildman–Crippen MR) is 88.5 cm³/mol. The van der Waals surface area contributed by atoms with Crippen molar-refractivity contribution >= 4 is 28.3 Å². The third-order valence-electron chi connectivity index (χ3n) is 5.05. The molecular formula is C16H22N4O2S. The summed E-state index contributed by atoms with van der Waals surface area (Å²) in [4.78, 5) is 32.6. The number of hydrogen-bond donors (Lipinski definition) is 1. The Hall–Kier alpha value is -1.47. The Morgan fingerprint density at radius 1 is 1.30 bits per heavy atom. The molecule has 2 unspecified atom stereocenters. The summed E-state index contributed by atoms with van der Waals surface area (Å²) in [5.41, 5.74) is 0.789. The van der Waals surface area contributed by atoms with Crippen LogP contribution in [0.4, 0.5) is 5.13 Å². The molecule has 4 rings (SSSR count). The lowest BCUT2D eigenvalue weighted by atomic mass is 10.1. The number of carbonyl (C=O) groups excluding carboxylic acids is 2. The van der Waals surface area contributed by atoms with Crippen LogP contribution in [0.15, 0.2) is 5.38 Å². The average molecular weight is 334 g/mol. The number of hydrogen-bond acceptors (Lipinski definition) is 5. The molecule has 3 aliphatic rings. The Kier molecular flexibility index (Phi) is 4.07. The molecule has 0 spiro atoms. The third-order valence-corrected chi connectivity index (χ3v) is 5.96. The summed E-state index contributed by atoms with van der Waals surface area (Å²) >= 11 is 1.47. The summed E-state index contributed by atoms with van der Waals surface area (Å²) in [5.74, 6) is 0.302. The number of aromatic nitrogens is 1. The van der Waals surface area contributed by atoms with Crippen molar-refractivity contribution in [1.29, 1.82) is 0 Å². The second-order valence-electron chi connectivity index (χ2n) is 6.71. The summed E-state index contributed by atoms with van der Waals surface area (Å²) in [5, 5.41) is 6.26. The fraction of sp³-hybridized carbons (Fsp3) is 0.688. The minimum atomic E-state index is 0.145. The average Bonchev–Trinajstić information content (AvgIpc) is 3.20. The van der Waals surface area contributed by atoms with Crippen LogP contribution in [0.25, 0.3) is 0 Å². The van der Waals surface area contributed by atoms with Crippen LogP contribution >= 0.6 is 11.3 Å². The molecule has 3 saturated heterocycles. The minimum Gasteiger partial charge on any atom is -0.341 e. The molecule has 1 aromatic rings. The van der Waals surface area contributed by atoms with E-state index in [9.17, 15) is 9.59 Å². The number of amides is 2. The second-order valence-corrected chi connectivity index (χ2v) is 7.55. The van der Waals surface area contributed by atoms with E-state index in [4.69, 9.17) is 0 Å². The standard InChI is InChI=1S/C16H22N4O2S/c21-14-2-1-6-20(14)16-18-13(10-23-16)8-15(22)19-7-5-11-3-4-12(9-19)17-11/h10-12,17H,1-9H2. The molecule has 4 heterocycles. The van der Waals surface area contributed by atoms with Gasteiger partial charge in [-0.15, -0.1) is 11.3 Å². The number of nitrogens with one attached hydrogen (secondary N) is 1. The van der Waals surface area contributed by atoms with Crippen molar-refractivity contribution in [2.75, 3.05) is 24.5 Å². The first kappa shape index (κ1) is 15.1. The third kappa shape index (κ3) is 3.12. The van der Waals surface area contributed by atoms with E-state index in [-0.39, 0.29) is 11.8 Å². The van der Waals surface area contributed by atoms with Gasteiger partial charge in [0, 0.05) is 43.5 Å². The first-order valence-electron chi connectivity index (χ1n) is 8.47. The van der Waals surface area contributed by atoms with E-state index in [1.165, 1.54) is 24.2 Å². The Morgan fingerprint density at radius 2 is 2.17 bits per heavy atom. The maximum atomic E-state index is 12.6. The summed E-state index contributed by atoms with van der Waals surface area (Å²) in [7, 11) is 0. The molecule has 0 saturated carbocycles. The molecule has 6 nitrogen and oxygen atoms in total. The van der Waals surface area contributed by atoms with Gasteiger partial charge in [-0.3, -0.25) is 14.5 Å². The van der Waals surface area contributed by atoms with Crippen LogP contribution in [0, 0.1) is 0 Å². The van der Waals surface area contributed by atoms with E-state index >= 15 is 0 Å². The van der Waals surface area contributed by atoms with Gasteiger partial charge < -0.3 is 10.2 Å². The number of fused-ring (bicyclic) bond motifs is 2. The highest BCUT2D eigenvalue weighted by molar-refractivity contribution is 7.14. The molecule has 7 heteroatoms. The number of likely N-dealkylation sites (tertiary alicyclic amines) is 1. The number of anilines is 1. The van der Waals surface area contributed by atoms with E-state index < -0.39 is 0 Å². The lowest BCUT2D eigenvalue weighted by molar-refractivity contribution is -0.130. The number of thiazole rings is 1. The molecule has 3 aliphatic heterocycles. The Bertz CT molecular complexity index is 617. The molecule has 3 fully saturated rings. The van der Waals surface area contributed by atoms with E-state index in [0.717, 1.165) is 43.3 Å². The van der Waals surface area contributed by atoms with Crippen LogP contribution in [-0.2, 0) is 16.0 Å². The first-order chi connectivity index (χ1) is 11.2. The summed E-state index contributed by atoms with van der Waals surface area (Å²) < 4.78 is 0. The van der Waals surface area contributed by atoms with Crippen LogP contribution < -0.4 is 10.2 Å². The van der Waals surface area contributed by atoms with Gasteiger partial charge in [0.15, 0.2) is 5.13 Å². The van der Waals surface area contributed by atoms with Gasteiger partial charge in [0.2, 0.25) is 11.8 Å². The van der Waals surface area contributed by atoms with Gasteiger partial charge in [0.25, 0.3) is 0 Å². The minimum absolute atomic E-state index is 0.145. The van der Waals surface area contributed by atoms with Gasteiger partial charge in [-0.25, -0.2) is 4.98 Å². The smallest absolute Gasteiger partial charge is 0.228 e. The van der Waals surface area contributed by atoms with E-state index in [2.05, 4.69) is 10.3 Å². The van der Waals surface area contributed by atoms with Gasteiger partial charge in [-0.05, 0) is 25.7 Å². The van der Waals surface area contributed by atoms with E-state index in [1.54, 1.807) is 4.90 Å². The maximum absolute atomic E-state index is 12.6. The Morgan fingerprint density at radius 3 is 3.00 bits per heavy atom. The van der Waals surface area contributed by atoms with Crippen LogP contribution in [0.1, 0.15) is 37.8 Å². The molecule has 0 radical (unpaired) electrons. The van der Waals surface area contributed by atoms with Crippen molar-refractivity contribution in [1.82, 2.24) is 15.2 Å². The highest BCUT2D eigenvalue weighted by Gasteiger charge is 2.31. The summed E-state index contributed by atoms with van der Waals surface area (Å²) in [6.45, 7) is 2.41. The van der Waals surface area contributed by atoms with Gasteiger partial charge in [0.05, 0.1) is 12.1 Å². The summed E-state index contributed by atoms with van der Waals surface area (Å²) in [6, 6.07) is 1.05. The van der Waals surface area contributed by atoms with Crippen LogP contribution in [0.2, 0.25) is 0 Å². The van der Waals surface area contributed by atoms with Crippen molar-refractivity contribution in [2.24, 2.45) is 0 Å². The van der Waals surface area contributed by atoms with Crippen molar-refractivity contribution in [3.63, 3.8) is 0 Å². The van der Waals surface area contributed by atoms with Gasteiger partial charge in [-0.2, -0.15) is 0 Å². The van der Waals surface area contributed by atoms with Gasteiger partial charge >= 0.3 is 0 Å².